The maximum absolute atomic E-state index is 12.8. The van der Waals surface area contributed by atoms with E-state index in [1.807, 2.05) is 0 Å². The van der Waals surface area contributed by atoms with E-state index < -0.39 is 17.8 Å². The molecule has 2 saturated heterocycles. The van der Waals surface area contributed by atoms with E-state index in [-0.39, 0.29) is 18.1 Å². The second-order valence-corrected chi connectivity index (χ2v) is 8.15. The summed E-state index contributed by atoms with van der Waals surface area (Å²) in [6, 6.07) is 2.24. The van der Waals surface area contributed by atoms with Gasteiger partial charge in [0.25, 0.3) is 0 Å². The lowest BCUT2D eigenvalue weighted by molar-refractivity contribution is -0.147. The zero-order valence-electron chi connectivity index (χ0n) is 13.8. The van der Waals surface area contributed by atoms with Gasteiger partial charge in [-0.3, -0.25) is 9.59 Å². The zero-order chi connectivity index (χ0) is 17.6. The Hall–Kier alpha value is -1.91. The summed E-state index contributed by atoms with van der Waals surface area (Å²) in [6.07, 6.45) is 5.87. The fourth-order valence-electron chi connectivity index (χ4n) is 4.47. The summed E-state index contributed by atoms with van der Waals surface area (Å²) in [7, 11) is 0. The number of nitrogens with zero attached hydrogens (tertiary/aromatic N) is 1. The fourth-order valence-corrected chi connectivity index (χ4v) is 5.71. The molecule has 1 amide bonds. The van der Waals surface area contributed by atoms with Gasteiger partial charge in [-0.05, 0) is 44.1 Å². The molecule has 0 aromatic carbocycles. The number of anilines is 1. The van der Waals surface area contributed by atoms with Gasteiger partial charge in [0.05, 0.1) is 29.6 Å². The van der Waals surface area contributed by atoms with Gasteiger partial charge in [0.2, 0.25) is 5.91 Å². The van der Waals surface area contributed by atoms with Crippen molar-refractivity contribution in [3.63, 3.8) is 0 Å². The van der Waals surface area contributed by atoms with Gasteiger partial charge in [0, 0.05) is 4.88 Å². The van der Waals surface area contributed by atoms with Crippen molar-refractivity contribution >= 4 is 28.2 Å². The molecule has 6 nitrogen and oxygen atoms in total. The number of ether oxygens (including phenoxy) is 1. The molecule has 7 heteroatoms. The molecule has 1 aromatic heterocycles. The van der Waals surface area contributed by atoms with Gasteiger partial charge in [0.1, 0.15) is 11.1 Å². The van der Waals surface area contributed by atoms with Gasteiger partial charge in [-0.15, -0.1) is 11.3 Å². The van der Waals surface area contributed by atoms with Gasteiger partial charge in [0.15, 0.2) is 0 Å². The number of carbonyl (C=O) groups is 2. The first-order valence-electron chi connectivity index (χ1n) is 8.84. The van der Waals surface area contributed by atoms with Crippen LogP contribution in [0.25, 0.3) is 0 Å². The number of hydrogen-bond acceptors (Lipinski definition) is 5. The predicted octanol–water partition coefficient (Wildman–Crippen LogP) is 2.71. The average molecular weight is 360 g/mol. The van der Waals surface area contributed by atoms with Crippen molar-refractivity contribution in [2.24, 2.45) is 11.8 Å². The highest BCUT2D eigenvalue weighted by Crippen LogP contribution is 2.45. The van der Waals surface area contributed by atoms with E-state index in [1.54, 1.807) is 0 Å². The van der Waals surface area contributed by atoms with Gasteiger partial charge in [-0.25, -0.2) is 0 Å². The molecule has 25 heavy (non-hydrogen) atoms. The quantitative estimate of drug-likeness (QED) is 0.808. The molecule has 0 spiro atoms. The second kappa shape index (κ2) is 6.43. The Morgan fingerprint density at radius 2 is 1.88 bits per heavy atom. The number of thiophene rings is 1. The Morgan fingerprint density at radius 3 is 2.60 bits per heavy atom. The van der Waals surface area contributed by atoms with E-state index >= 15 is 0 Å². The molecular weight excluding hydrogens is 340 g/mol. The molecule has 1 aromatic rings. The Balaban J connectivity index is 1.59. The molecule has 3 heterocycles. The fraction of sp³-hybridized carbons (Fsp3) is 0.611. The van der Waals surface area contributed by atoms with E-state index in [4.69, 9.17) is 4.74 Å². The van der Waals surface area contributed by atoms with Crippen LogP contribution in [0.4, 0.5) is 5.00 Å². The number of amides is 1. The largest absolute Gasteiger partial charge is 0.481 e. The van der Waals surface area contributed by atoms with Gasteiger partial charge in [-0.2, -0.15) is 5.26 Å². The van der Waals surface area contributed by atoms with Crippen molar-refractivity contribution in [3.05, 3.63) is 16.0 Å². The summed E-state index contributed by atoms with van der Waals surface area (Å²) in [5.41, 5.74) is 1.63. The maximum Gasteiger partial charge on any atom is 0.310 e. The van der Waals surface area contributed by atoms with Crippen LogP contribution in [0.1, 0.15) is 48.1 Å². The van der Waals surface area contributed by atoms with Crippen LogP contribution in [-0.2, 0) is 27.2 Å². The Bertz CT molecular complexity index is 766. The third kappa shape index (κ3) is 2.74. The summed E-state index contributed by atoms with van der Waals surface area (Å²) in [4.78, 5) is 25.6. The van der Waals surface area contributed by atoms with E-state index in [1.165, 1.54) is 16.2 Å². The van der Waals surface area contributed by atoms with Crippen molar-refractivity contribution in [1.82, 2.24) is 0 Å². The highest BCUT2D eigenvalue weighted by atomic mass is 32.1. The van der Waals surface area contributed by atoms with Gasteiger partial charge < -0.3 is 15.2 Å². The highest BCUT2D eigenvalue weighted by Gasteiger charge is 2.55. The molecule has 2 aliphatic heterocycles. The normalized spacial score (nSPS) is 30.4. The predicted molar refractivity (Wildman–Crippen MR) is 91.4 cm³/mol. The van der Waals surface area contributed by atoms with Crippen molar-refractivity contribution in [2.75, 3.05) is 5.32 Å². The molecule has 132 valence electrons. The first-order valence-corrected chi connectivity index (χ1v) is 9.65. The number of hydrogen-bond donors (Lipinski definition) is 2. The molecule has 3 aliphatic rings. The van der Waals surface area contributed by atoms with Crippen molar-refractivity contribution in [1.29, 1.82) is 5.26 Å². The minimum absolute atomic E-state index is 0.325. The van der Waals surface area contributed by atoms with Crippen LogP contribution in [0, 0.1) is 23.2 Å². The van der Waals surface area contributed by atoms with Crippen molar-refractivity contribution < 1.29 is 19.4 Å². The molecule has 4 atom stereocenters. The number of nitrogens with one attached hydrogen (secondary N) is 1. The average Bonchev–Trinajstić information content (AvgIpc) is 3.23. The molecule has 2 fully saturated rings. The number of aryl methyl sites for hydroxylation is 1. The minimum Gasteiger partial charge on any atom is -0.481 e. The second-order valence-electron chi connectivity index (χ2n) is 7.05. The van der Waals surface area contributed by atoms with E-state index in [9.17, 15) is 20.0 Å². The summed E-state index contributed by atoms with van der Waals surface area (Å²) in [6.45, 7) is 0. The van der Waals surface area contributed by atoms with Crippen LogP contribution in [-0.4, -0.2) is 29.2 Å². The Kier molecular flexibility index (Phi) is 4.26. The lowest BCUT2D eigenvalue weighted by Crippen LogP contribution is -2.40. The highest BCUT2D eigenvalue weighted by molar-refractivity contribution is 7.16. The Morgan fingerprint density at radius 1 is 1.16 bits per heavy atom. The number of carbonyl (C=O) groups excluding carboxylic acids is 1. The summed E-state index contributed by atoms with van der Waals surface area (Å²) in [5.74, 6) is -2.77. The van der Waals surface area contributed by atoms with Crippen LogP contribution >= 0.6 is 11.3 Å². The van der Waals surface area contributed by atoms with Crippen molar-refractivity contribution in [2.45, 2.75) is 57.2 Å². The molecule has 0 saturated carbocycles. The summed E-state index contributed by atoms with van der Waals surface area (Å²) < 4.78 is 5.67. The van der Waals surface area contributed by atoms with Crippen LogP contribution in [0.15, 0.2) is 0 Å². The number of aliphatic carboxylic acids is 1. The SMILES string of the molecule is N#Cc1c(NC(=O)[C@@H]2[C@@H](C(=O)O)[C@@H]3CC[C@H]2O3)sc2c1CCCCC2. The van der Waals surface area contributed by atoms with Crippen LogP contribution < -0.4 is 5.32 Å². The number of carboxylic acids is 1. The lowest BCUT2D eigenvalue weighted by atomic mass is 9.79. The van der Waals surface area contributed by atoms with Crippen LogP contribution in [0.3, 0.4) is 0 Å². The first-order chi connectivity index (χ1) is 12.1. The molecular formula is C18H20N2O4S. The molecule has 4 rings (SSSR count). The van der Waals surface area contributed by atoms with E-state index in [0.717, 1.165) is 44.1 Å². The molecule has 0 radical (unpaired) electrons. The zero-order valence-corrected chi connectivity index (χ0v) is 14.6. The number of nitriles is 1. The third-order valence-corrected chi connectivity index (χ3v) is 6.84. The van der Waals surface area contributed by atoms with E-state index in [0.29, 0.717) is 17.0 Å². The number of carboxylic acid groups (broad SMARTS) is 1. The topological polar surface area (TPSA) is 99.4 Å². The number of rotatable bonds is 3. The molecule has 0 unspecified atom stereocenters. The molecule has 2 N–H and O–H groups in total. The Labute approximate surface area is 149 Å². The summed E-state index contributed by atoms with van der Waals surface area (Å²) in [5, 5.41) is 22.5. The molecule has 2 bridgehead atoms. The van der Waals surface area contributed by atoms with E-state index in [2.05, 4.69) is 11.4 Å². The third-order valence-electron chi connectivity index (χ3n) is 5.63. The standard InChI is InChI=1S/C18H20N2O4S/c19-8-10-9-4-2-1-3-5-13(9)25-17(10)20-16(21)14-11-6-7-12(24-11)15(14)18(22)23/h11-12,14-15H,1-7H2,(H,20,21)(H,22,23)/t11-,12+,14+,15+/m1/s1. The first kappa shape index (κ1) is 16.6. The van der Waals surface area contributed by atoms with Gasteiger partial charge >= 0.3 is 5.97 Å². The maximum atomic E-state index is 12.8. The van der Waals surface area contributed by atoms with Gasteiger partial charge in [-0.1, -0.05) is 6.42 Å². The van der Waals surface area contributed by atoms with Crippen LogP contribution in [0.2, 0.25) is 0 Å². The lowest BCUT2D eigenvalue weighted by Gasteiger charge is -2.23. The molecule has 1 aliphatic carbocycles. The number of fused-ring (bicyclic) bond motifs is 3. The summed E-state index contributed by atoms with van der Waals surface area (Å²) >= 11 is 1.47. The smallest absolute Gasteiger partial charge is 0.310 e. The monoisotopic (exact) mass is 360 g/mol. The van der Waals surface area contributed by atoms with Crippen molar-refractivity contribution in [3.8, 4) is 6.07 Å². The van der Waals surface area contributed by atoms with Crippen LogP contribution in [0.5, 0.6) is 0 Å². The minimum atomic E-state index is -0.977.